The molecule has 25 heavy (non-hydrogen) atoms. The Hall–Kier alpha value is -2.25. The molecule has 2 aromatic rings. The monoisotopic (exact) mass is 376 g/mol. The minimum Gasteiger partial charge on any atom is -0.378 e. The molecule has 0 unspecified atom stereocenters. The van der Waals surface area contributed by atoms with Gasteiger partial charge in [-0.15, -0.1) is 0 Å². The summed E-state index contributed by atoms with van der Waals surface area (Å²) in [5, 5.41) is 0. The van der Waals surface area contributed by atoms with Crippen molar-refractivity contribution in [3.05, 3.63) is 64.6 Å². The van der Waals surface area contributed by atoms with Crippen LogP contribution in [0.2, 0.25) is 0 Å². The number of benzene rings is 2. The highest BCUT2D eigenvalue weighted by Gasteiger charge is 2.33. The summed E-state index contributed by atoms with van der Waals surface area (Å²) in [6.45, 7) is 0. The first-order valence-corrected chi connectivity index (χ1v) is 8.59. The van der Waals surface area contributed by atoms with Crippen LogP contribution in [0.5, 0.6) is 0 Å². The topological polar surface area (TPSA) is 23.6 Å². The second-order valence-electron chi connectivity index (χ2n) is 5.59. The predicted octanol–water partition coefficient (Wildman–Crippen LogP) is 4.44. The van der Waals surface area contributed by atoms with Crippen LogP contribution in [-0.4, -0.2) is 24.3 Å². The van der Waals surface area contributed by atoms with Crippen LogP contribution in [0.15, 0.2) is 47.4 Å². The maximum absolute atomic E-state index is 13.8. The van der Waals surface area contributed by atoms with Crippen molar-refractivity contribution in [1.82, 2.24) is 0 Å². The number of amides is 1. The fourth-order valence-corrected chi connectivity index (χ4v) is 3.64. The van der Waals surface area contributed by atoms with Crippen LogP contribution in [0.25, 0.3) is 6.08 Å². The lowest BCUT2D eigenvalue weighted by Crippen LogP contribution is -2.27. The van der Waals surface area contributed by atoms with E-state index >= 15 is 0 Å². The maximum Gasteiger partial charge on any atom is 0.270 e. The van der Waals surface area contributed by atoms with E-state index in [1.54, 1.807) is 0 Å². The Balaban J connectivity index is 1.90. The van der Waals surface area contributed by atoms with E-state index < -0.39 is 11.6 Å². The lowest BCUT2D eigenvalue weighted by molar-refractivity contribution is -0.113. The number of carbonyl (C=O) groups is 1. The van der Waals surface area contributed by atoms with Crippen LogP contribution >= 0.6 is 24.0 Å². The minimum atomic E-state index is -0.722. The summed E-state index contributed by atoms with van der Waals surface area (Å²) >= 11 is 6.39. The Morgan fingerprint density at radius 3 is 2.40 bits per heavy atom. The first kappa shape index (κ1) is 17.6. The van der Waals surface area contributed by atoms with Gasteiger partial charge in [-0.2, -0.15) is 0 Å². The third kappa shape index (κ3) is 3.57. The van der Waals surface area contributed by atoms with Crippen molar-refractivity contribution in [2.24, 2.45) is 0 Å². The average Bonchev–Trinajstić information content (AvgIpc) is 2.84. The zero-order valence-corrected chi connectivity index (χ0v) is 15.1. The molecule has 0 saturated carbocycles. The van der Waals surface area contributed by atoms with E-state index in [4.69, 9.17) is 12.2 Å². The van der Waals surface area contributed by atoms with Gasteiger partial charge < -0.3 is 4.90 Å². The van der Waals surface area contributed by atoms with Crippen molar-refractivity contribution in [2.75, 3.05) is 23.9 Å². The Bertz CT molecular complexity index is 879. The molecule has 0 bridgehead atoms. The van der Waals surface area contributed by atoms with E-state index in [1.165, 1.54) is 17.0 Å². The minimum absolute atomic E-state index is 0.143. The number of hydrogen-bond donors (Lipinski definition) is 0. The van der Waals surface area contributed by atoms with Gasteiger partial charge in [0, 0.05) is 31.4 Å². The molecule has 0 N–H and O–H groups in total. The van der Waals surface area contributed by atoms with Gasteiger partial charge in [0.2, 0.25) is 0 Å². The molecule has 1 aliphatic heterocycles. The number of anilines is 2. The lowest BCUT2D eigenvalue weighted by atomic mass is 10.2. The van der Waals surface area contributed by atoms with Gasteiger partial charge in [-0.25, -0.2) is 8.78 Å². The van der Waals surface area contributed by atoms with Crippen LogP contribution in [0, 0.1) is 11.6 Å². The number of halogens is 2. The van der Waals surface area contributed by atoms with E-state index in [-0.39, 0.29) is 11.5 Å². The highest BCUT2D eigenvalue weighted by molar-refractivity contribution is 8.27. The van der Waals surface area contributed by atoms with Gasteiger partial charge in [0.15, 0.2) is 4.32 Å². The molecule has 7 heteroatoms. The smallest absolute Gasteiger partial charge is 0.270 e. The van der Waals surface area contributed by atoms with Crippen LogP contribution < -0.4 is 9.80 Å². The number of carbonyl (C=O) groups excluding carboxylic acids is 1. The summed E-state index contributed by atoms with van der Waals surface area (Å²) in [4.78, 5) is 16.3. The largest absolute Gasteiger partial charge is 0.378 e. The van der Waals surface area contributed by atoms with E-state index in [0.29, 0.717) is 14.9 Å². The molecule has 0 radical (unpaired) electrons. The van der Waals surface area contributed by atoms with Gasteiger partial charge in [0.05, 0.1) is 10.6 Å². The van der Waals surface area contributed by atoms with E-state index in [0.717, 1.165) is 29.6 Å². The first-order valence-electron chi connectivity index (χ1n) is 7.37. The van der Waals surface area contributed by atoms with Crippen molar-refractivity contribution >= 4 is 51.7 Å². The highest BCUT2D eigenvalue weighted by Crippen LogP contribution is 2.36. The zero-order chi connectivity index (χ0) is 18.1. The molecule has 1 aliphatic rings. The molecular formula is C18H14F2N2OS2. The van der Waals surface area contributed by atoms with Crippen LogP contribution in [0.1, 0.15) is 5.56 Å². The molecule has 0 aromatic heterocycles. The Labute approximate surface area is 153 Å². The summed E-state index contributed by atoms with van der Waals surface area (Å²) in [5.41, 5.74) is 1.79. The van der Waals surface area contributed by atoms with Gasteiger partial charge in [-0.1, -0.05) is 24.0 Å². The molecule has 2 aromatic carbocycles. The van der Waals surface area contributed by atoms with Crippen LogP contribution in [-0.2, 0) is 4.79 Å². The van der Waals surface area contributed by atoms with Crippen LogP contribution in [0.4, 0.5) is 20.2 Å². The molecule has 0 atom stereocenters. The zero-order valence-electron chi connectivity index (χ0n) is 13.5. The van der Waals surface area contributed by atoms with Gasteiger partial charge >= 0.3 is 0 Å². The Kier molecular flexibility index (Phi) is 4.87. The van der Waals surface area contributed by atoms with Crippen molar-refractivity contribution in [1.29, 1.82) is 0 Å². The summed E-state index contributed by atoms with van der Waals surface area (Å²) in [7, 11) is 3.85. The van der Waals surface area contributed by atoms with E-state index in [2.05, 4.69) is 0 Å². The van der Waals surface area contributed by atoms with Crippen molar-refractivity contribution in [3.63, 3.8) is 0 Å². The second-order valence-corrected chi connectivity index (χ2v) is 7.27. The number of thiocarbonyl (C=S) groups is 1. The van der Waals surface area contributed by atoms with Crippen molar-refractivity contribution in [2.45, 2.75) is 0 Å². The average molecular weight is 376 g/mol. The number of nitrogens with zero attached hydrogens (tertiary/aromatic N) is 2. The molecule has 1 amide bonds. The summed E-state index contributed by atoms with van der Waals surface area (Å²) in [6, 6.07) is 10.6. The molecule has 1 saturated heterocycles. The molecule has 0 aliphatic carbocycles. The fraction of sp³-hybridized carbons (Fsp3) is 0.111. The SMILES string of the molecule is CN(C)c1ccc(N2C(=O)/C(=C\c3ccc(F)cc3F)SC2=S)cc1. The number of thioether (sulfide) groups is 1. The van der Waals surface area contributed by atoms with Gasteiger partial charge in [0.25, 0.3) is 5.91 Å². The molecule has 1 heterocycles. The van der Waals surface area contributed by atoms with E-state index in [1.807, 2.05) is 43.3 Å². The van der Waals surface area contributed by atoms with Gasteiger partial charge in [0.1, 0.15) is 11.6 Å². The predicted molar refractivity (Wildman–Crippen MR) is 103 cm³/mol. The Morgan fingerprint density at radius 1 is 1.12 bits per heavy atom. The normalized spacial score (nSPS) is 16.0. The fourth-order valence-electron chi connectivity index (χ4n) is 2.35. The molecule has 3 rings (SSSR count). The third-order valence-corrected chi connectivity index (χ3v) is 4.97. The third-order valence-electron chi connectivity index (χ3n) is 3.67. The Morgan fingerprint density at radius 2 is 1.80 bits per heavy atom. The quantitative estimate of drug-likeness (QED) is 0.584. The van der Waals surface area contributed by atoms with Gasteiger partial charge in [-0.3, -0.25) is 9.69 Å². The molecule has 128 valence electrons. The lowest BCUT2D eigenvalue weighted by Gasteiger charge is -2.17. The second kappa shape index (κ2) is 6.93. The molecule has 0 spiro atoms. The highest BCUT2D eigenvalue weighted by atomic mass is 32.2. The molecular weight excluding hydrogens is 362 g/mol. The van der Waals surface area contributed by atoms with Gasteiger partial charge in [-0.05, 0) is 42.5 Å². The summed E-state index contributed by atoms with van der Waals surface area (Å²) < 4.78 is 27.2. The summed E-state index contributed by atoms with van der Waals surface area (Å²) in [5.74, 6) is -1.71. The number of hydrogen-bond acceptors (Lipinski definition) is 4. The first-order chi connectivity index (χ1) is 11.9. The molecule has 1 fully saturated rings. The van der Waals surface area contributed by atoms with Crippen molar-refractivity contribution in [3.8, 4) is 0 Å². The summed E-state index contributed by atoms with van der Waals surface area (Å²) in [6.07, 6.45) is 1.39. The number of rotatable bonds is 3. The van der Waals surface area contributed by atoms with E-state index in [9.17, 15) is 13.6 Å². The standard InChI is InChI=1S/C18H14F2N2OS2/c1-21(2)13-5-7-14(8-6-13)22-17(23)16(25-18(22)24)9-11-3-4-12(19)10-15(11)20/h3-10H,1-2H3/b16-9+. The van der Waals surface area contributed by atoms with Crippen molar-refractivity contribution < 1.29 is 13.6 Å². The van der Waals surface area contributed by atoms with Crippen LogP contribution in [0.3, 0.4) is 0 Å². The maximum atomic E-state index is 13.8. The molecule has 3 nitrogen and oxygen atoms in total.